The predicted molar refractivity (Wildman–Crippen MR) is 105 cm³/mol. The number of ether oxygens (including phenoxy) is 2. The molecule has 0 atom stereocenters. The molecule has 5 heteroatoms. The number of esters is 1. The van der Waals surface area contributed by atoms with Crippen molar-refractivity contribution in [1.29, 1.82) is 0 Å². The van der Waals surface area contributed by atoms with Crippen LogP contribution in [0.1, 0.15) is 34.2 Å². The van der Waals surface area contributed by atoms with Crippen molar-refractivity contribution in [3.05, 3.63) is 94.3 Å². The van der Waals surface area contributed by atoms with E-state index in [1.165, 1.54) is 0 Å². The van der Waals surface area contributed by atoms with Crippen LogP contribution in [0, 0.1) is 0 Å². The van der Waals surface area contributed by atoms with Gasteiger partial charge in [0.2, 0.25) is 0 Å². The first-order valence-corrected chi connectivity index (χ1v) is 9.11. The lowest BCUT2D eigenvalue weighted by atomic mass is 10.1. The molecule has 0 saturated carbocycles. The van der Waals surface area contributed by atoms with E-state index in [0.29, 0.717) is 30.4 Å². The summed E-state index contributed by atoms with van der Waals surface area (Å²) in [7, 11) is 0. The van der Waals surface area contributed by atoms with E-state index in [1.807, 2.05) is 48.5 Å². The Morgan fingerprint density at radius 2 is 1.85 bits per heavy atom. The lowest BCUT2D eigenvalue weighted by Gasteiger charge is -2.12. The van der Waals surface area contributed by atoms with Gasteiger partial charge in [-0.05, 0) is 42.8 Å². The summed E-state index contributed by atoms with van der Waals surface area (Å²) in [6.07, 6.45) is 0.498. The summed E-state index contributed by atoms with van der Waals surface area (Å²) in [6, 6.07) is 20.8. The standard InChI is InChI=1S/C22H20ClNO3/c1-2-26-22(25)20-10-6-9-19(24-20)14-17-13-18(23)11-12-21(17)27-15-16-7-4-3-5-8-16/h3-13H,2,14-15H2,1H3. The number of nitrogens with zero attached hydrogens (tertiary/aromatic N) is 1. The summed E-state index contributed by atoms with van der Waals surface area (Å²) < 4.78 is 11.0. The minimum atomic E-state index is -0.425. The van der Waals surface area contributed by atoms with Crippen LogP contribution in [0.25, 0.3) is 0 Å². The monoisotopic (exact) mass is 381 g/mol. The average Bonchev–Trinajstić information content (AvgIpc) is 2.68. The van der Waals surface area contributed by atoms with Crippen LogP contribution in [0.5, 0.6) is 5.75 Å². The first-order valence-electron chi connectivity index (χ1n) is 8.74. The maximum atomic E-state index is 11.9. The van der Waals surface area contributed by atoms with Gasteiger partial charge in [-0.1, -0.05) is 48.0 Å². The third-order valence-corrected chi connectivity index (χ3v) is 4.16. The van der Waals surface area contributed by atoms with E-state index in [0.717, 1.165) is 22.6 Å². The van der Waals surface area contributed by atoms with Gasteiger partial charge in [0, 0.05) is 22.7 Å². The molecule has 0 saturated heterocycles. The summed E-state index contributed by atoms with van der Waals surface area (Å²) in [4.78, 5) is 16.3. The molecule has 27 heavy (non-hydrogen) atoms. The van der Waals surface area contributed by atoms with Gasteiger partial charge in [0.1, 0.15) is 18.1 Å². The van der Waals surface area contributed by atoms with Crippen molar-refractivity contribution in [2.45, 2.75) is 20.0 Å². The highest BCUT2D eigenvalue weighted by Crippen LogP contribution is 2.26. The van der Waals surface area contributed by atoms with Gasteiger partial charge in [-0.3, -0.25) is 0 Å². The molecule has 138 valence electrons. The number of halogens is 1. The minimum Gasteiger partial charge on any atom is -0.489 e. The summed E-state index contributed by atoms with van der Waals surface area (Å²) in [5, 5.41) is 0.624. The number of hydrogen-bond donors (Lipinski definition) is 0. The van der Waals surface area contributed by atoms with E-state index in [-0.39, 0.29) is 0 Å². The first-order chi connectivity index (χ1) is 13.2. The average molecular weight is 382 g/mol. The second-order valence-corrected chi connectivity index (χ2v) is 6.37. The SMILES string of the molecule is CCOC(=O)c1cccc(Cc2cc(Cl)ccc2OCc2ccccc2)n1. The summed E-state index contributed by atoms with van der Waals surface area (Å²) in [5.74, 6) is 0.317. The van der Waals surface area contributed by atoms with E-state index in [1.54, 1.807) is 25.1 Å². The summed E-state index contributed by atoms with van der Waals surface area (Å²) >= 11 is 6.17. The van der Waals surface area contributed by atoms with Crippen LogP contribution >= 0.6 is 11.6 Å². The van der Waals surface area contributed by atoms with Crippen LogP contribution in [0.3, 0.4) is 0 Å². The molecule has 0 aliphatic rings. The highest BCUT2D eigenvalue weighted by atomic mass is 35.5. The van der Waals surface area contributed by atoms with Gasteiger partial charge in [-0.15, -0.1) is 0 Å². The number of aromatic nitrogens is 1. The highest BCUT2D eigenvalue weighted by molar-refractivity contribution is 6.30. The Hall–Kier alpha value is -2.85. The van der Waals surface area contributed by atoms with Gasteiger partial charge < -0.3 is 9.47 Å². The largest absolute Gasteiger partial charge is 0.489 e. The molecule has 0 aliphatic heterocycles. The molecule has 0 radical (unpaired) electrons. The molecule has 0 amide bonds. The van der Waals surface area contributed by atoms with E-state index in [4.69, 9.17) is 21.1 Å². The number of carbonyl (C=O) groups excluding carboxylic acids is 1. The molecule has 1 aromatic heterocycles. The van der Waals surface area contributed by atoms with Crippen LogP contribution in [0.15, 0.2) is 66.7 Å². The highest BCUT2D eigenvalue weighted by Gasteiger charge is 2.11. The Kier molecular flexibility index (Phi) is 6.44. The fourth-order valence-corrected chi connectivity index (χ4v) is 2.85. The Balaban J connectivity index is 1.79. The van der Waals surface area contributed by atoms with Gasteiger partial charge in [0.15, 0.2) is 0 Å². The van der Waals surface area contributed by atoms with E-state index in [2.05, 4.69) is 4.98 Å². The molecule has 0 unspecified atom stereocenters. The van der Waals surface area contributed by atoms with E-state index < -0.39 is 5.97 Å². The van der Waals surface area contributed by atoms with E-state index in [9.17, 15) is 4.79 Å². The first kappa shape index (κ1) is 18.9. The molecule has 0 aliphatic carbocycles. The predicted octanol–water partition coefficient (Wildman–Crippen LogP) is 5.08. The molecule has 4 nitrogen and oxygen atoms in total. The lowest BCUT2D eigenvalue weighted by Crippen LogP contribution is -2.08. The van der Waals surface area contributed by atoms with Crippen molar-refractivity contribution in [3.8, 4) is 5.75 Å². The molecule has 0 N–H and O–H groups in total. The van der Waals surface area contributed by atoms with Crippen molar-refractivity contribution in [2.24, 2.45) is 0 Å². The van der Waals surface area contributed by atoms with Gasteiger partial charge >= 0.3 is 5.97 Å². The normalized spacial score (nSPS) is 10.4. The minimum absolute atomic E-state index is 0.295. The van der Waals surface area contributed by atoms with Crippen molar-refractivity contribution in [3.63, 3.8) is 0 Å². The quantitative estimate of drug-likeness (QED) is 0.535. The maximum Gasteiger partial charge on any atom is 0.356 e. The fraction of sp³-hybridized carbons (Fsp3) is 0.182. The van der Waals surface area contributed by atoms with Gasteiger partial charge in [-0.25, -0.2) is 9.78 Å². The molecule has 2 aromatic carbocycles. The summed E-state index contributed by atoms with van der Waals surface area (Å²) in [5.41, 5.74) is 3.03. The number of rotatable bonds is 7. The van der Waals surface area contributed by atoms with E-state index >= 15 is 0 Å². The van der Waals surface area contributed by atoms with Crippen LogP contribution in [-0.2, 0) is 17.8 Å². The Morgan fingerprint density at radius 1 is 1.04 bits per heavy atom. The second-order valence-electron chi connectivity index (χ2n) is 5.94. The third-order valence-electron chi connectivity index (χ3n) is 3.92. The zero-order chi connectivity index (χ0) is 19.1. The van der Waals surface area contributed by atoms with Crippen molar-refractivity contribution >= 4 is 17.6 Å². The van der Waals surface area contributed by atoms with Crippen LogP contribution in [0.2, 0.25) is 5.02 Å². The second kappa shape index (κ2) is 9.19. The molecule has 1 heterocycles. The topological polar surface area (TPSA) is 48.4 Å². The van der Waals surface area contributed by atoms with Gasteiger partial charge in [-0.2, -0.15) is 0 Å². The Labute approximate surface area is 163 Å². The lowest BCUT2D eigenvalue weighted by molar-refractivity contribution is 0.0519. The number of pyridine rings is 1. The molecule has 0 bridgehead atoms. The molecule has 0 fully saturated rings. The molecular weight excluding hydrogens is 362 g/mol. The van der Waals surface area contributed by atoms with Crippen molar-refractivity contribution in [1.82, 2.24) is 4.98 Å². The third kappa shape index (κ3) is 5.31. The Bertz CT molecular complexity index is 912. The summed E-state index contributed by atoms with van der Waals surface area (Å²) in [6.45, 7) is 2.55. The molecular formula is C22H20ClNO3. The Morgan fingerprint density at radius 3 is 2.63 bits per heavy atom. The van der Waals surface area contributed by atoms with Gasteiger partial charge in [0.25, 0.3) is 0 Å². The zero-order valence-corrected chi connectivity index (χ0v) is 15.8. The van der Waals surface area contributed by atoms with Gasteiger partial charge in [0.05, 0.1) is 6.61 Å². The van der Waals surface area contributed by atoms with Crippen molar-refractivity contribution in [2.75, 3.05) is 6.61 Å². The number of carbonyl (C=O) groups is 1. The van der Waals surface area contributed by atoms with Crippen LogP contribution < -0.4 is 4.74 Å². The van der Waals surface area contributed by atoms with Crippen LogP contribution in [-0.4, -0.2) is 17.6 Å². The molecule has 3 aromatic rings. The maximum absolute atomic E-state index is 11.9. The zero-order valence-electron chi connectivity index (χ0n) is 15.0. The van der Waals surface area contributed by atoms with Crippen LogP contribution in [0.4, 0.5) is 0 Å². The number of hydrogen-bond acceptors (Lipinski definition) is 4. The van der Waals surface area contributed by atoms with Crippen molar-refractivity contribution < 1.29 is 14.3 Å². The molecule has 0 spiro atoms. The molecule has 3 rings (SSSR count). The fourth-order valence-electron chi connectivity index (χ4n) is 2.65. The number of benzene rings is 2. The smallest absolute Gasteiger partial charge is 0.356 e.